The first kappa shape index (κ1) is 16.1. The number of rotatable bonds is 5. The number of nitrogens with zero attached hydrogens (tertiary/aromatic N) is 1. The predicted octanol–water partition coefficient (Wildman–Crippen LogP) is 3.21. The van der Waals surface area contributed by atoms with Gasteiger partial charge in [0.2, 0.25) is 0 Å². The molecule has 6 nitrogen and oxygen atoms in total. The summed E-state index contributed by atoms with van der Waals surface area (Å²) in [6.07, 6.45) is 0. The highest BCUT2D eigenvalue weighted by molar-refractivity contribution is 6.34. The van der Waals surface area contributed by atoms with E-state index in [2.05, 4.69) is 15.5 Å². The molecule has 3 rings (SSSR count). The molecule has 0 unspecified atom stereocenters. The number of nitrogens with one attached hydrogen (secondary N) is 2. The van der Waals surface area contributed by atoms with Gasteiger partial charge in [0.1, 0.15) is 11.5 Å². The van der Waals surface area contributed by atoms with Gasteiger partial charge in [0.05, 0.1) is 19.6 Å². The van der Waals surface area contributed by atoms with Crippen LogP contribution in [0.3, 0.4) is 0 Å². The van der Waals surface area contributed by atoms with E-state index in [1.165, 1.54) is 0 Å². The third kappa shape index (κ3) is 3.28. The van der Waals surface area contributed by atoms with Crippen LogP contribution in [0, 0.1) is 0 Å². The Morgan fingerprint density at radius 2 is 1.79 bits per heavy atom. The number of fused-ring (bicyclic) bond motifs is 1. The molecule has 0 bridgehead atoms. The van der Waals surface area contributed by atoms with E-state index in [0.717, 1.165) is 22.7 Å². The van der Waals surface area contributed by atoms with Gasteiger partial charge in [0.25, 0.3) is 5.56 Å². The molecule has 0 saturated carbocycles. The number of halogens is 1. The molecule has 0 saturated heterocycles. The van der Waals surface area contributed by atoms with Crippen molar-refractivity contribution in [1.82, 2.24) is 10.2 Å². The maximum absolute atomic E-state index is 11.7. The van der Waals surface area contributed by atoms with E-state index in [1.54, 1.807) is 26.4 Å². The van der Waals surface area contributed by atoms with Crippen molar-refractivity contribution in [2.24, 2.45) is 0 Å². The molecule has 0 atom stereocenters. The topological polar surface area (TPSA) is 76.2 Å². The Kier molecular flexibility index (Phi) is 4.57. The summed E-state index contributed by atoms with van der Waals surface area (Å²) in [5.74, 6) is 1.45. The fourth-order valence-electron chi connectivity index (χ4n) is 2.42. The SMILES string of the molecule is COc1cc(CNc2ccc3c(=O)[nH]nc(Cl)c3c2)cc(OC)c1. The average Bonchev–Trinajstić information content (AvgIpc) is 2.62. The number of aromatic amines is 1. The highest BCUT2D eigenvalue weighted by atomic mass is 35.5. The van der Waals surface area contributed by atoms with Crippen molar-refractivity contribution in [3.63, 3.8) is 0 Å². The lowest BCUT2D eigenvalue weighted by Gasteiger charge is -2.11. The highest BCUT2D eigenvalue weighted by Gasteiger charge is 2.06. The molecule has 0 fully saturated rings. The zero-order valence-corrected chi connectivity index (χ0v) is 14.0. The minimum Gasteiger partial charge on any atom is -0.497 e. The smallest absolute Gasteiger partial charge is 0.272 e. The second-order valence-corrected chi connectivity index (χ2v) is 5.54. The minimum atomic E-state index is -0.265. The van der Waals surface area contributed by atoms with Gasteiger partial charge in [-0.3, -0.25) is 4.79 Å². The Hall–Kier alpha value is -2.73. The maximum atomic E-state index is 11.7. The lowest BCUT2D eigenvalue weighted by atomic mass is 10.1. The maximum Gasteiger partial charge on any atom is 0.272 e. The standard InChI is InChI=1S/C17H16ClN3O3/c1-23-12-5-10(6-13(8-12)24-2)9-19-11-3-4-14-15(7-11)16(18)20-21-17(14)22/h3-8,19H,9H2,1-2H3,(H,21,22). The van der Waals surface area contributed by atoms with Crippen LogP contribution >= 0.6 is 11.6 Å². The van der Waals surface area contributed by atoms with E-state index in [4.69, 9.17) is 21.1 Å². The fraction of sp³-hybridized carbons (Fsp3) is 0.176. The van der Waals surface area contributed by atoms with Crippen LogP contribution in [0.5, 0.6) is 11.5 Å². The molecule has 7 heteroatoms. The molecule has 2 N–H and O–H groups in total. The van der Waals surface area contributed by atoms with Gasteiger partial charge in [-0.05, 0) is 35.9 Å². The predicted molar refractivity (Wildman–Crippen MR) is 94.2 cm³/mol. The Labute approximate surface area is 143 Å². The molecule has 0 radical (unpaired) electrons. The number of ether oxygens (including phenoxy) is 2. The molecule has 0 amide bonds. The van der Waals surface area contributed by atoms with Crippen LogP contribution in [-0.4, -0.2) is 24.4 Å². The van der Waals surface area contributed by atoms with Crippen molar-refractivity contribution in [2.75, 3.05) is 19.5 Å². The second kappa shape index (κ2) is 6.80. The number of H-pyrrole nitrogens is 1. The quantitative estimate of drug-likeness (QED) is 0.742. The number of hydrogen-bond donors (Lipinski definition) is 2. The summed E-state index contributed by atoms with van der Waals surface area (Å²) in [6, 6.07) is 11.0. The third-order valence-electron chi connectivity index (χ3n) is 3.65. The van der Waals surface area contributed by atoms with Gasteiger partial charge in [-0.25, -0.2) is 5.10 Å². The Morgan fingerprint density at radius 3 is 2.46 bits per heavy atom. The number of benzene rings is 2. The Morgan fingerprint density at radius 1 is 1.08 bits per heavy atom. The lowest BCUT2D eigenvalue weighted by molar-refractivity contribution is 0.393. The third-order valence-corrected chi connectivity index (χ3v) is 3.94. The summed E-state index contributed by atoms with van der Waals surface area (Å²) >= 11 is 6.06. The van der Waals surface area contributed by atoms with E-state index in [0.29, 0.717) is 17.3 Å². The van der Waals surface area contributed by atoms with Crippen LogP contribution in [0.15, 0.2) is 41.2 Å². The molecule has 124 valence electrons. The van der Waals surface area contributed by atoms with Crippen molar-refractivity contribution in [2.45, 2.75) is 6.54 Å². The van der Waals surface area contributed by atoms with Gasteiger partial charge in [-0.15, -0.1) is 0 Å². The van der Waals surface area contributed by atoms with Crippen LogP contribution in [0.4, 0.5) is 5.69 Å². The summed E-state index contributed by atoms with van der Waals surface area (Å²) in [4.78, 5) is 11.7. The monoisotopic (exact) mass is 345 g/mol. The first-order valence-corrected chi connectivity index (χ1v) is 7.62. The minimum absolute atomic E-state index is 0.260. The zero-order chi connectivity index (χ0) is 17.1. The molecular weight excluding hydrogens is 330 g/mol. The number of methoxy groups -OCH3 is 2. The molecule has 24 heavy (non-hydrogen) atoms. The Bertz CT molecular complexity index is 918. The fourth-order valence-corrected chi connectivity index (χ4v) is 2.61. The number of aromatic nitrogens is 2. The summed E-state index contributed by atoms with van der Waals surface area (Å²) in [5, 5.41) is 10.8. The van der Waals surface area contributed by atoms with Gasteiger partial charge in [0.15, 0.2) is 5.15 Å². The summed E-state index contributed by atoms with van der Waals surface area (Å²) in [6.45, 7) is 0.563. The normalized spacial score (nSPS) is 10.6. The van der Waals surface area contributed by atoms with Crippen LogP contribution in [-0.2, 0) is 6.54 Å². The molecule has 0 aliphatic rings. The lowest BCUT2D eigenvalue weighted by Crippen LogP contribution is -2.08. The van der Waals surface area contributed by atoms with E-state index >= 15 is 0 Å². The largest absolute Gasteiger partial charge is 0.497 e. The number of hydrogen-bond acceptors (Lipinski definition) is 5. The zero-order valence-electron chi connectivity index (χ0n) is 13.2. The summed E-state index contributed by atoms with van der Waals surface area (Å²) in [5.41, 5.74) is 1.57. The van der Waals surface area contributed by atoms with Crippen molar-refractivity contribution in [1.29, 1.82) is 0 Å². The van der Waals surface area contributed by atoms with Gasteiger partial charge in [0, 0.05) is 23.7 Å². The Balaban J connectivity index is 1.86. The van der Waals surface area contributed by atoms with Gasteiger partial charge in [-0.1, -0.05) is 11.6 Å². The molecule has 0 spiro atoms. The first-order chi connectivity index (χ1) is 11.6. The molecule has 3 aromatic rings. The van der Waals surface area contributed by atoms with E-state index < -0.39 is 0 Å². The van der Waals surface area contributed by atoms with E-state index in [9.17, 15) is 4.79 Å². The van der Waals surface area contributed by atoms with Crippen molar-refractivity contribution in [3.05, 3.63) is 57.5 Å². The van der Waals surface area contributed by atoms with Crippen molar-refractivity contribution >= 4 is 28.1 Å². The molecule has 0 aliphatic heterocycles. The van der Waals surface area contributed by atoms with Gasteiger partial charge < -0.3 is 14.8 Å². The van der Waals surface area contributed by atoms with Crippen molar-refractivity contribution in [3.8, 4) is 11.5 Å². The molecule has 0 aliphatic carbocycles. The average molecular weight is 346 g/mol. The van der Waals surface area contributed by atoms with Crippen molar-refractivity contribution < 1.29 is 9.47 Å². The van der Waals surface area contributed by atoms with E-state index in [-0.39, 0.29) is 10.7 Å². The molecular formula is C17H16ClN3O3. The van der Waals surface area contributed by atoms with E-state index in [1.807, 2.05) is 24.3 Å². The van der Waals surface area contributed by atoms with Gasteiger partial charge in [-0.2, -0.15) is 5.10 Å². The second-order valence-electron chi connectivity index (χ2n) is 5.18. The summed E-state index contributed by atoms with van der Waals surface area (Å²) in [7, 11) is 3.23. The molecule has 1 heterocycles. The number of anilines is 1. The molecule has 1 aromatic heterocycles. The first-order valence-electron chi connectivity index (χ1n) is 7.24. The molecule has 2 aromatic carbocycles. The van der Waals surface area contributed by atoms with Gasteiger partial charge >= 0.3 is 0 Å². The highest BCUT2D eigenvalue weighted by Crippen LogP contribution is 2.25. The van der Waals surface area contributed by atoms with Crippen LogP contribution in [0.25, 0.3) is 10.8 Å². The van der Waals surface area contributed by atoms with Crippen LogP contribution < -0.4 is 20.3 Å². The van der Waals surface area contributed by atoms with Crippen LogP contribution in [0.1, 0.15) is 5.56 Å². The van der Waals surface area contributed by atoms with Crippen LogP contribution in [0.2, 0.25) is 5.15 Å². The summed E-state index contributed by atoms with van der Waals surface area (Å²) < 4.78 is 10.5.